The van der Waals surface area contributed by atoms with Crippen molar-refractivity contribution in [1.29, 1.82) is 0 Å². The summed E-state index contributed by atoms with van der Waals surface area (Å²) in [5.74, 6) is 0.171. The Labute approximate surface area is 136 Å². The second kappa shape index (κ2) is 7.24. The summed E-state index contributed by atoms with van der Waals surface area (Å²) in [6.45, 7) is 3.66. The van der Waals surface area contributed by atoms with Crippen molar-refractivity contribution in [3.05, 3.63) is 59.3 Å². The molecule has 0 saturated carbocycles. The third kappa shape index (κ3) is 4.07. The maximum atomic E-state index is 10.8. The third-order valence-electron chi connectivity index (χ3n) is 4.10. The summed E-state index contributed by atoms with van der Waals surface area (Å²) in [7, 11) is 0. The average molecular weight is 311 g/mol. The van der Waals surface area contributed by atoms with Gasteiger partial charge in [0.2, 0.25) is 0 Å². The number of aromatic carboxylic acids is 1. The van der Waals surface area contributed by atoms with Gasteiger partial charge in [-0.1, -0.05) is 18.2 Å². The van der Waals surface area contributed by atoms with Crippen LogP contribution in [0.4, 0.5) is 5.82 Å². The predicted molar refractivity (Wildman–Crippen MR) is 89.6 cm³/mol. The van der Waals surface area contributed by atoms with Gasteiger partial charge >= 0.3 is 5.97 Å². The molecule has 0 radical (unpaired) electrons. The van der Waals surface area contributed by atoms with Crippen molar-refractivity contribution in [2.45, 2.75) is 25.9 Å². The van der Waals surface area contributed by atoms with Gasteiger partial charge in [-0.15, -0.1) is 0 Å². The van der Waals surface area contributed by atoms with Gasteiger partial charge < -0.3 is 15.3 Å². The van der Waals surface area contributed by atoms with Crippen LogP contribution in [0.5, 0.6) is 0 Å². The molecule has 0 amide bonds. The molecule has 23 heavy (non-hydrogen) atoms. The van der Waals surface area contributed by atoms with Crippen molar-refractivity contribution in [3.63, 3.8) is 0 Å². The number of carbonyl (C=O) groups is 1. The zero-order valence-electron chi connectivity index (χ0n) is 13.0. The van der Waals surface area contributed by atoms with Gasteiger partial charge in [-0.05, 0) is 42.2 Å². The lowest BCUT2D eigenvalue weighted by Crippen LogP contribution is -2.19. The van der Waals surface area contributed by atoms with Crippen LogP contribution < -0.4 is 10.2 Å². The topological polar surface area (TPSA) is 65.5 Å². The molecule has 1 aromatic carbocycles. The van der Waals surface area contributed by atoms with Gasteiger partial charge in [0.05, 0.1) is 5.56 Å². The van der Waals surface area contributed by atoms with E-state index in [1.165, 1.54) is 12.8 Å². The highest BCUT2D eigenvalue weighted by Crippen LogP contribution is 2.17. The van der Waals surface area contributed by atoms with Gasteiger partial charge in [0.1, 0.15) is 5.82 Å². The molecule has 3 rings (SSSR count). The number of carboxylic acids is 1. The maximum Gasteiger partial charge on any atom is 0.335 e. The number of hydrogen-bond acceptors (Lipinski definition) is 4. The summed E-state index contributed by atoms with van der Waals surface area (Å²) in [4.78, 5) is 17.7. The Bertz CT molecular complexity index is 647. The molecule has 0 spiro atoms. The number of rotatable bonds is 6. The van der Waals surface area contributed by atoms with Crippen LogP contribution in [0.15, 0.2) is 42.6 Å². The molecule has 1 aliphatic heterocycles. The summed E-state index contributed by atoms with van der Waals surface area (Å²) in [5.41, 5.74) is 2.53. The van der Waals surface area contributed by atoms with Crippen molar-refractivity contribution in [2.24, 2.45) is 0 Å². The van der Waals surface area contributed by atoms with Crippen molar-refractivity contribution < 1.29 is 9.90 Å². The smallest absolute Gasteiger partial charge is 0.335 e. The molecule has 5 nitrogen and oxygen atoms in total. The monoisotopic (exact) mass is 311 g/mol. The van der Waals surface area contributed by atoms with E-state index in [1.54, 1.807) is 12.1 Å². The molecule has 0 aliphatic carbocycles. The molecule has 1 fully saturated rings. The number of nitrogens with one attached hydrogen (secondary N) is 1. The molecule has 0 unspecified atom stereocenters. The molecule has 0 atom stereocenters. The first kappa shape index (κ1) is 15.5. The van der Waals surface area contributed by atoms with Gasteiger partial charge in [-0.3, -0.25) is 0 Å². The lowest BCUT2D eigenvalue weighted by atomic mass is 10.1. The summed E-state index contributed by atoms with van der Waals surface area (Å²) in [5, 5.41) is 12.2. The normalized spacial score (nSPS) is 14.2. The van der Waals surface area contributed by atoms with E-state index in [0.717, 1.165) is 36.6 Å². The average Bonchev–Trinajstić information content (AvgIpc) is 3.10. The number of hydrogen-bond donors (Lipinski definition) is 2. The fraction of sp³-hybridized carbons (Fsp3) is 0.333. The Hall–Kier alpha value is -2.40. The largest absolute Gasteiger partial charge is 0.478 e. The molecular formula is C18H21N3O2. The number of pyridine rings is 1. The predicted octanol–water partition coefficient (Wildman–Crippen LogP) is 2.67. The van der Waals surface area contributed by atoms with Gasteiger partial charge in [-0.25, -0.2) is 9.78 Å². The van der Waals surface area contributed by atoms with Crippen LogP contribution in [0.25, 0.3) is 0 Å². The van der Waals surface area contributed by atoms with E-state index in [1.807, 2.05) is 18.3 Å². The number of benzene rings is 1. The minimum absolute atomic E-state index is 0.315. The van der Waals surface area contributed by atoms with Crippen LogP contribution in [0, 0.1) is 0 Å². The first-order valence-electron chi connectivity index (χ1n) is 7.95. The van der Waals surface area contributed by atoms with Crippen LogP contribution in [-0.2, 0) is 13.1 Å². The van der Waals surface area contributed by atoms with Crippen LogP contribution in [0.3, 0.4) is 0 Å². The Balaban J connectivity index is 1.49. The fourth-order valence-electron chi connectivity index (χ4n) is 2.77. The number of carboxylic acid groups (broad SMARTS) is 1. The van der Waals surface area contributed by atoms with Crippen molar-refractivity contribution in [3.8, 4) is 0 Å². The lowest BCUT2D eigenvalue weighted by Gasteiger charge is -2.16. The molecule has 120 valence electrons. The van der Waals surface area contributed by atoms with Gasteiger partial charge in [0, 0.05) is 32.4 Å². The summed E-state index contributed by atoms with van der Waals surface area (Å²) in [6, 6.07) is 11.1. The first-order chi connectivity index (χ1) is 11.2. The van der Waals surface area contributed by atoms with E-state index in [2.05, 4.69) is 27.3 Å². The number of aromatic nitrogens is 1. The second-order valence-electron chi connectivity index (χ2n) is 5.82. The SMILES string of the molecule is O=C(O)c1ccc(CNCc2ccc(N3CCCC3)nc2)cc1. The zero-order chi connectivity index (χ0) is 16.1. The van der Waals surface area contributed by atoms with E-state index in [4.69, 9.17) is 5.11 Å². The molecule has 0 bridgehead atoms. The molecule has 2 heterocycles. The van der Waals surface area contributed by atoms with E-state index in [9.17, 15) is 4.79 Å². The summed E-state index contributed by atoms with van der Waals surface area (Å²) in [6.07, 6.45) is 4.44. The zero-order valence-corrected chi connectivity index (χ0v) is 13.0. The van der Waals surface area contributed by atoms with Crippen molar-refractivity contribution >= 4 is 11.8 Å². The Morgan fingerprint density at radius 1 is 1.04 bits per heavy atom. The Kier molecular flexibility index (Phi) is 4.88. The number of nitrogens with zero attached hydrogens (tertiary/aromatic N) is 2. The van der Waals surface area contributed by atoms with E-state index in [0.29, 0.717) is 12.1 Å². The highest BCUT2D eigenvalue weighted by atomic mass is 16.4. The van der Waals surface area contributed by atoms with E-state index < -0.39 is 5.97 Å². The molecule has 5 heteroatoms. The highest BCUT2D eigenvalue weighted by molar-refractivity contribution is 5.87. The molecule has 2 N–H and O–H groups in total. The van der Waals surface area contributed by atoms with Gasteiger partial charge in [-0.2, -0.15) is 0 Å². The Morgan fingerprint density at radius 2 is 1.70 bits per heavy atom. The van der Waals surface area contributed by atoms with Crippen LogP contribution in [0.2, 0.25) is 0 Å². The minimum Gasteiger partial charge on any atom is -0.478 e. The lowest BCUT2D eigenvalue weighted by molar-refractivity contribution is 0.0697. The van der Waals surface area contributed by atoms with Gasteiger partial charge in [0.25, 0.3) is 0 Å². The van der Waals surface area contributed by atoms with E-state index in [-0.39, 0.29) is 0 Å². The van der Waals surface area contributed by atoms with Crippen LogP contribution >= 0.6 is 0 Å². The number of anilines is 1. The maximum absolute atomic E-state index is 10.8. The standard InChI is InChI=1S/C18H21N3O2/c22-18(23)16-6-3-14(4-7-16)11-19-12-15-5-8-17(20-13-15)21-9-1-2-10-21/h3-8,13,19H,1-2,9-12H2,(H,22,23). The van der Waals surface area contributed by atoms with Crippen molar-refractivity contribution in [2.75, 3.05) is 18.0 Å². The second-order valence-corrected chi connectivity index (χ2v) is 5.82. The van der Waals surface area contributed by atoms with Crippen LogP contribution in [0.1, 0.15) is 34.3 Å². The fourth-order valence-corrected chi connectivity index (χ4v) is 2.77. The molecular weight excluding hydrogens is 290 g/mol. The van der Waals surface area contributed by atoms with Crippen LogP contribution in [-0.4, -0.2) is 29.1 Å². The van der Waals surface area contributed by atoms with E-state index >= 15 is 0 Å². The molecule has 1 saturated heterocycles. The molecule has 1 aromatic heterocycles. The van der Waals surface area contributed by atoms with Crippen molar-refractivity contribution in [1.82, 2.24) is 10.3 Å². The quantitative estimate of drug-likeness (QED) is 0.858. The Morgan fingerprint density at radius 3 is 2.30 bits per heavy atom. The summed E-state index contributed by atoms with van der Waals surface area (Å²) >= 11 is 0. The molecule has 2 aromatic rings. The highest BCUT2D eigenvalue weighted by Gasteiger charge is 2.12. The molecule has 1 aliphatic rings. The first-order valence-corrected chi connectivity index (χ1v) is 7.95. The summed E-state index contributed by atoms with van der Waals surface area (Å²) < 4.78 is 0. The third-order valence-corrected chi connectivity index (χ3v) is 4.10. The minimum atomic E-state index is -0.895. The van der Waals surface area contributed by atoms with Gasteiger partial charge in [0.15, 0.2) is 0 Å².